The predicted octanol–water partition coefficient (Wildman–Crippen LogP) is 2.97. The van der Waals surface area contributed by atoms with Gasteiger partial charge in [-0.25, -0.2) is 0 Å². The van der Waals surface area contributed by atoms with Crippen molar-refractivity contribution in [3.05, 3.63) is 50.4 Å². The molecule has 2 heterocycles. The molecule has 0 fully saturated rings. The summed E-state index contributed by atoms with van der Waals surface area (Å²) in [6.07, 6.45) is 0.945. The molecule has 0 aliphatic carbocycles. The predicted molar refractivity (Wildman–Crippen MR) is 69.7 cm³/mol. The molecule has 0 aliphatic heterocycles. The van der Waals surface area contributed by atoms with Gasteiger partial charge in [0.05, 0.1) is 12.6 Å². The number of hydrogen-bond donors (Lipinski definition) is 1. The monoisotopic (exact) mass is 266 g/mol. The highest BCUT2D eigenvalue weighted by molar-refractivity contribution is 7.09. The second kappa shape index (κ2) is 5.79. The number of nitro groups is 1. The molecule has 0 saturated carbocycles. The van der Waals surface area contributed by atoms with Crippen LogP contribution in [0.3, 0.4) is 0 Å². The quantitative estimate of drug-likeness (QED) is 0.644. The van der Waals surface area contributed by atoms with Crippen LogP contribution >= 0.6 is 11.3 Å². The Hall–Kier alpha value is -1.66. The van der Waals surface area contributed by atoms with Crippen LogP contribution in [-0.2, 0) is 13.0 Å². The molecule has 5 nitrogen and oxygen atoms in total. The second-order valence-electron chi connectivity index (χ2n) is 4.06. The molecule has 0 saturated heterocycles. The summed E-state index contributed by atoms with van der Waals surface area (Å²) >= 11 is 1.73. The first kappa shape index (κ1) is 12.8. The Balaban J connectivity index is 1.81. The summed E-state index contributed by atoms with van der Waals surface area (Å²) in [6, 6.07) is 7.43. The van der Waals surface area contributed by atoms with Crippen molar-refractivity contribution in [2.45, 2.75) is 25.9 Å². The molecule has 2 aromatic heterocycles. The molecular formula is C12H14N2O3S. The number of nitrogens with one attached hydrogen (secondary N) is 1. The average molecular weight is 266 g/mol. The third kappa shape index (κ3) is 3.41. The zero-order chi connectivity index (χ0) is 13.0. The van der Waals surface area contributed by atoms with Gasteiger partial charge in [0, 0.05) is 10.9 Å². The minimum atomic E-state index is -0.529. The van der Waals surface area contributed by atoms with Crippen LogP contribution in [0.25, 0.3) is 0 Å². The van der Waals surface area contributed by atoms with E-state index >= 15 is 0 Å². The zero-order valence-electron chi connectivity index (χ0n) is 9.96. The number of rotatable bonds is 6. The molecule has 0 bridgehead atoms. The Morgan fingerprint density at radius 3 is 2.94 bits per heavy atom. The molecule has 1 unspecified atom stereocenters. The van der Waals surface area contributed by atoms with Crippen LogP contribution in [0, 0.1) is 10.1 Å². The van der Waals surface area contributed by atoms with E-state index < -0.39 is 4.92 Å². The first-order chi connectivity index (χ1) is 8.65. The smallest absolute Gasteiger partial charge is 0.404 e. The molecule has 0 aliphatic rings. The lowest BCUT2D eigenvalue weighted by Gasteiger charge is -2.11. The number of nitrogens with zero attached hydrogens (tertiary/aromatic N) is 1. The molecule has 6 heteroatoms. The average Bonchev–Trinajstić information content (AvgIpc) is 2.96. The van der Waals surface area contributed by atoms with Crippen LogP contribution in [0.1, 0.15) is 17.6 Å². The first-order valence-electron chi connectivity index (χ1n) is 5.64. The molecule has 96 valence electrons. The third-order valence-corrected chi connectivity index (χ3v) is 3.44. The van der Waals surface area contributed by atoms with Crippen LogP contribution < -0.4 is 5.32 Å². The van der Waals surface area contributed by atoms with Crippen molar-refractivity contribution in [3.63, 3.8) is 0 Å². The van der Waals surface area contributed by atoms with Crippen molar-refractivity contribution >= 4 is 17.2 Å². The highest BCUT2D eigenvalue weighted by Gasteiger charge is 2.12. The molecular weight excluding hydrogens is 252 g/mol. The van der Waals surface area contributed by atoms with Gasteiger partial charge in [-0.15, -0.1) is 11.3 Å². The van der Waals surface area contributed by atoms with E-state index in [1.165, 1.54) is 10.9 Å². The maximum atomic E-state index is 10.5. The summed E-state index contributed by atoms with van der Waals surface area (Å²) < 4.78 is 5.07. The van der Waals surface area contributed by atoms with Crippen molar-refractivity contribution < 1.29 is 9.34 Å². The van der Waals surface area contributed by atoms with Gasteiger partial charge < -0.3 is 9.73 Å². The van der Waals surface area contributed by atoms with Crippen molar-refractivity contribution in [3.8, 4) is 0 Å². The Morgan fingerprint density at radius 2 is 2.33 bits per heavy atom. The maximum Gasteiger partial charge on any atom is 0.433 e. The number of thiophene rings is 1. The third-order valence-electron chi connectivity index (χ3n) is 2.54. The second-order valence-corrected chi connectivity index (χ2v) is 5.09. The van der Waals surface area contributed by atoms with E-state index in [0.29, 0.717) is 18.3 Å². The van der Waals surface area contributed by atoms with Gasteiger partial charge in [0.2, 0.25) is 0 Å². The Bertz CT molecular complexity index is 507. The van der Waals surface area contributed by atoms with Gasteiger partial charge >= 0.3 is 5.88 Å². The van der Waals surface area contributed by atoms with Gasteiger partial charge in [-0.1, -0.05) is 6.07 Å². The molecule has 2 rings (SSSR count). The van der Waals surface area contributed by atoms with Gasteiger partial charge in [0.25, 0.3) is 0 Å². The highest BCUT2D eigenvalue weighted by Crippen LogP contribution is 2.16. The fourth-order valence-electron chi connectivity index (χ4n) is 1.64. The fourth-order valence-corrected chi connectivity index (χ4v) is 2.47. The van der Waals surface area contributed by atoms with Crippen molar-refractivity contribution in [1.29, 1.82) is 0 Å². The molecule has 0 amide bonds. The topological polar surface area (TPSA) is 68.3 Å². The molecule has 0 aromatic carbocycles. The van der Waals surface area contributed by atoms with E-state index in [1.54, 1.807) is 17.4 Å². The van der Waals surface area contributed by atoms with Gasteiger partial charge in [-0.05, 0) is 30.9 Å². The molecule has 1 atom stereocenters. The highest BCUT2D eigenvalue weighted by atomic mass is 32.1. The summed E-state index contributed by atoms with van der Waals surface area (Å²) in [5.74, 6) is 0.373. The minimum Gasteiger partial charge on any atom is -0.404 e. The molecule has 2 aromatic rings. The minimum absolute atomic E-state index is 0.210. The Labute approximate surface area is 109 Å². The van der Waals surface area contributed by atoms with Crippen molar-refractivity contribution in [2.24, 2.45) is 0 Å². The molecule has 0 radical (unpaired) electrons. The Kier molecular flexibility index (Phi) is 4.11. The van der Waals surface area contributed by atoms with Gasteiger partial charge in [-0.3, -0.25) is 10.1 Å². The lowest BCUT2D eigenvalue weighted by atomic mass is 10.2. The van der Waals surface area contributed by atoms with E-state index in [4.69, 9.17) is 4.42 Å². The SMILES string of the molecule is CC(Cc1cccs1)NCc1ccc([N+](=O)[O-])o1. The van der Waals surface area contributed by atoms with Crippen LogP contribution in [0.5, 0.6) is 0 Å². The van der Waals surface area contributed by atoms with Gasteiger partial charge in [0.1, 0.15) is 10.7 Å². The normalized spacial score (nSPS) is 12.5. The molecule has 1 N–H and O–H groups in total. The van der Waals surface area contributed by atoms with E-state index in [-0.39, 0.29) is 5.88 Å². The van der Waals surface area contributed by atoms with Gasteiger partial charge in [0.15, 0.2) is 0 Å². The fraction of sp³-hybridized carbons (Fsp3) is 0.333. The van der Waals surface area contributed by atoms with Gasteiger partial charge in [-0.2, -0.15) is 0 Å². The lowest BCUT2D eigenvalue weighted by molar-refractivity contribution is -0.402. The Morgan fingerprint density at radius 1 is 1.50 bits per heavy atom. The van der Waals surface area contributed by atoms with E-state index in [2.05, 4.69) is 23.7 Å². The van der Waals surface area contributed by atoms with Crippen molar-refractivity contribution in [2.75, 3.05) is 0 Å². The van der Waals surface area contributed by atoms with Crippen LogP contribution in [0.2, 0.25) is 0 Å². The number of hydrogen-bond acceptors (Lipinski definition) is 5. The maximum absolute atomic E-state index is 10.5. The van der Waals surface area contributed by atoms with E-state index in [1.807, 2.05) is 6.07 Å². The largest absolute Gasteiger partial charge is 0.433 e. The van der Waals surface area contributed by atoms with Crippen LogP contribution in [0.15, 0.2) is 34.1 Å². The number of furan rings is 1. The summed E-state index contributed by atoms with van der Waals surface area (Å²) in [5, 5.41) is 15.8. The lowest BCUT2D eigenvalue weighted by Crippen LogP contribution is -2.27. The van der Waals surface area contributed by atoms with E-state index in [0.717, 1.165) is 6.42 Å². The summed E-state index contributed by atoms with van der Waals surface area (Å²) in [5.41, 5.74) is 0. The molecule has 18 heavy (non-hydrogen) atoms. The van der Waals surface area contributed by atoms with Crippen molar-refractivity contribution in [1.82, 2.24) is 5.32 Å². The summed E-state index contributed by atoms with van der Waals surface area (Å²) in [7, 11) is 0. The zero-order valence-corrected chi connectivity index (χ0v) is 10.8. The first-order valence-corrected chi connectivity index (χ1v) is 6.52. The summed E-state index contributed by atoms with van der Waals surface area (Å²) in [4.78, 5) is 11.2. The van der Waals surface area contributed by atoms with Crippen LogP contribution in [0.4, 0.5) is 5.88 Å². The molecule has 0 spiro atoms. The standard InChI is InChI=1S/C12H14N2O3S/c1-9(7-11-3-2-6-18-11)13-8-10-4-5-12(17-10)14(15)16/h2-6,9,13H,7-8H2,1H3. The van der Waals surface area contributed by atoms with Crippen LogP contribution in [-0.4, -0.2) is 11.0 Å². The summed E-state index contributed by atoms with van der Waals surface area (Å²) in [6.45, 7) is 2.58. The van der Waals surface area contributed by atoms with E-state index in [9.17, 15) is 10.1 Å².